The fourth-order valence-electron chi connectivity index (χ4n) is 4.11. The highest BCUT2D eigenvalue weighted by Crippen LogP contribution is 2.36. The SMILES string of the molecule is CCCN(CC)Cc1cccc(C2CCCN(c3cccc(F)c3)C2)c1O. The number of benzene rings is 2. The number of phenolic OH excluding ortho intramolecular Hbond substituents is 1. The Bertz CT molecular complexity index is 749. The first-order chi connectivity index (χ1) is 13.1. The van der Waals surface area contributed by atoms with Crippen molar-refractivity contribution in [3.8, 4) is 5.75 Å². The second-order valence-electron chi connectivity index (χ2n) is 7.49. The van der Waals surface area contributed by atoms with E-state index in [0.29, 0.717) is 5.75 Å². The minimum Gasteiger partial charge on any atom is -0.507 e. The van der Waals surface area contributed by atoms with Crippen molar-refractivity contribution >= 4 is 5.69 Å². The van der Waals surface area contributed by atoms with Crippen LogP contribution < -0.4 is 4.90 Å². The molecule has 0 aromatic heterocycles. The predicted octanol–water partition coefficient (Wildman–Crippen LogP) is 5.15. The molecule has 4 heteroatoms. The highest BCUT2D eigenvalue weighted by molar-refractivity contribution is 5.49. The van der Waals surface area contributed by atoms with Crippen LogP contribution >= 0.6 is 0 Å². The Balaban J connectivity index is 1.78. The number of anilines is 1. The van der Waals surface area contributed by atoms with Gasteiger partial charge in [0.2, 0.25) is 0 Å². The Hall–Kier alpha value is -2.07. The van der Waals surface area contributed by atoms with Crippen LogP contribution in [-0.4, -0.2) is 36.2 Å². The number of nitrogens with zero attached hydrogens (tertiary/aromatic N) is 2. The van der Waals surface area contributed by atoms with Gasteiger partial charge in [0.15, 0.2) is 0 Å². The summed E-state index contributed by atoms with van der Waals surface area (Å²) in [5.41, 5.74) is 2.96. The van der Waals surface area contributed by atoms with E-state index in [0.717, 1.165) is 68.8 Å². The van der Waals surface area contributed by atoms with E-state index in [1.165, 1.54) is 6.07 Å². The largest absolute Gasteiger partial charge is 0.507 e. The Labute approximate surface area is 162 Å². The number of hydrogen-bond donors (Lipinski definition) is 1. The maximum absolute atomic E-state index is 13.6. The lowest BCUT2D eigenvalue weighted by atomic mass is 9.88. The normalized spacial score (nSPS) is 17.5. The smallest absolute Gasteiger partial charge is 0.125 e. The second-order valence-corrected chi connectivity index (χ2v) is 7.49. The van der Waals surface area contributed by atoms with Crippen molar-refractivity contribution in [1.29, 1.82) is 0 Å². The van der Waals surface area contributed by atoms with Crippen LogP contribution in [0.25, 0.3) is 0 Å². The zero-order chi connectivity index (χ0) is 19.2. The lowest BCUT2D eigenvalue weighted by Gasteiger charge is -2.35. The van der Waals surface area contributed by atoms with Gasteiger partial charge >= 0.3 is 0 Å². The summed E-state index contributed by atoms with van der Waals surface area (Å²) in [6.07, 6.45) is 3.20. The third-order valence-corrected chi connectivity index (χ3v) is 5.57. The molecule has 3 nitrogen and oxygen atoms in total. The molecule has 0 spiro atoms. The molecule has 1 heterocycles. The van der Waals surface area contributed by atoms with Crippen molar-refractivity contribution in [3.05, 3.63) is 59.4 Å². The van der Waals surface area contributed by atoms with Gasteiger partial charge in [-0.2, -0.15) is 0 Å². The average molecular weight is 371 g/mol. The highest BCUT2D eigenvalue weighted by Gasteiger charge is 2.25. The van der Waals surface area contributed by atoms with E-state index in [9.17, 15) is 9.50 Å². The van der Waals surface area contributed by atoms with Crippen LogP contribution in [0.5, 0.6) is 5.75 Å². The van der Waals surface area contributed by atoms with Gasteiger partial charge in [0.25, 0.3) is 0 Å². The summed E-state index contributed by atoms with van der Waals surface area (Å²) >= 11 is 0. The fraction of sp³-hybridized carbons (Fsp3) is 0.478. The van der Waals surface area contributed by atoms with E-state index in [1.807, 2.05) is 12.1 Å². The van der Waals surface area contributed by atoms with Gasteiger partial charge in [-0.05, 0) is 56.1 Å². The summed E-state index contributed by atoms with van der Waals surface area (Å²) in [5.74, 6) is 0.511. The standard InChI is InChI=1S/C23H31FN2O/c1-3-13-25(4-2)16-19-8-5-12-22(23(19)27)18-9-7-14-26(17-18)21-11-6-10-20(24)15-21/h5-6,8,10-12,15,18,27H,3-4,7,9,13-14,16-17H2,1-2H3. The third-order valence-electron chi connectivity index (χ3n) is 5.57. The Kier molecular flexibility index (Phi) is 6.73. The van der Waals surface area contributed by atoms with Gasteiger partial charge in [0.1, 0.15) is 11.6 Å². The van der Waals surface area contributed by atoms with Gasteiger partial charge in [-0.1, -0.05) is 38.1 Å². The van der Waals surface area contributed by atoms with Gasteiger partial charge in [0, 0.05) is 36.8 Å². The molecular formula is C23H31FN2O. The van der Waals surface area contributed by atoms with Gasteiger partial charge in [-0.3, -0.25) is 4.90 Å². The predicted molar refractivity (Wildman–Crippen MR) is 110 cm³/mol. The monoisotopic (exact) mass is 370 g/mol. The van der Waals surface area contributed by atoms with E-state index in [1.54, 1.807) is 12.1 Å². The number of piperidine rings is 1. The molecular weight excluding hydrogens is 339 g/mol. The molecule has 1 unspecified atom stereocenters. The molecule has 2 aromatic rings. The first-order valence-corrected chi connectivity index (χ1v) is 10.2. The lowest BCUT2D eigenvalue weighted by molar-refractivity contribution is 0.275. The molecule has 0 amide bonds. The fourth-order valence-corrected chi connectivity index (χ4v) is 4.11. The molecule has 0 radical (unpaired) electrons. The minimum absolute atomic E-state index is 0.199. The summed E-state index contributed by atoms with van der Waals surface area (Å²) in [7, 11) is 0. The third kappa shape index (κ3) is 4.81. The first-order valence-electron chi connectivity index (χ1n) is 10.2. The summed E-state index contributed by atoms with van der Waals surface area (Å²) in [5, 5.41) is 10.9. The van der Waals surface area contributed by atoms with E-state index < -0.39 is 0 Å². The van der Waals surface area contributed by atoms with E-state index >= 15 is 0 Å². The summed E-state index contributed by atoms with van der Waals surface area (Å²) in [6, 6.07) is 13.0. The Morgan fingerprint density at radius 2 is 2.00 bits per heavy atom. The minimum atomic E-state index is -0.199. The van der Waals surface area contributed by atoms with Crippen LogP contribution in [0.15, 0.2) is 42.5 Å². The van der Waals surface area contributed by atoms with Crippen LogP contribution in [0, 0.1) is 5.82 Å². The van der Waals surface area contributed by atoms with E-state index in [4.69, 9.17) is 0 Å². The number of hydrogen-bond acceptors (Lipinski definition) is 3. The highest BCUT2D eigenvalue weighted by atomic mass is 19.1. The van der Waals surface area contributed by atoms with Crippen LogP contribution in [0.4, 0.5) is 10.1 Å². The average Bonchev–Trinajstić information content (AvgIpc) is 2.69. The zero-order valence-corrected chi connectivity index (χ0v) is 16.5. The van der Waals surface area contributed by atoms with Gasteiger partial charge in [-0.25, -0.2) is 4.39 Å². The van der Waals surface area contributed by atoms with Crippen LogP contribution in [-0.2, 0) is 6.54 Å². The van der Waals surface area contributed by atoms with Crippen molar-refractivity contribution in [2.75, 3.05) is 31.1 Å². The first kappa shape index (κ1) is 19.7. The van der Waals surface area contributed by atoms with Crippen molar-refractivity contribution in [2.45, 2.75) is 45.6 Å². The molecule has 1 saturated heterocycles. The molecule has 0 aliphatic carbocycles. The van der Waals surface area contributed by atoms with Crippen molar-refractivity contribution in [1.82, 2.24) is 4.90 Å². The molecule has 1 aliphatic rings. The topological polar surface area (TPSA) is 26.7 Å². The number of rotatable bonds is 7. The van der Waals surface area contributed by atoms with Gasteiger partial charge in [-0.15, -0.1) is 0 Å². The molecule has 1 atom stereocenters. The van der Waals surface area contributed by atoms with Gasteiger partial charge in [0.05, 0.1) is 0 Å². The zero-order valence-electron chi connectivity index (χ0n) is 16.5. The van der Waals surface area contributed by atoms with Crippen LogP contribution in [0.3, 0.4) is 0 Å². The number of para-hydroxylation sites is 1. The maximum Gasteiger partial charge on any atom is 0.125 e. The number of halogens is 1. The van der Waals surface area contributed by atoms with Crippen LogP contribution in [0.2, 0.25) is 0 Å². The van der Waals surface area contributed by atoms with Crippen LogP contribution in [0.1, 0.15) is 50.2 Å². The van der Waals surface area contributed by atoms with E-state index in [-0.39, 0.29) is 11.7 Å². The quantitative estimate of drug-likeness (QED) is 0.730. The molecule has 146 valence electrons. The second kappa shape index (κ2) is 9.23. The van der Waals surface area contributed by atoms with E-state index in [2.05, 4.69) is 35.8 Å². The molecule has 3 rings (SSSR count). The molecule has 1 N–H and O–H groups in total. The summed E-state index contributed by atoms with van der Waals surface area (Å²) in [4.78, 5) is 4.59. The number of aromatic hydroxyl groups is 1. The molecule has 27 heavy (non-hydrogen) atoms. The Morgan fingerprint density at radius 1 is 1.19 bits per heavy atom. The molecule has 2 aromatic carbocycles. The maximum atomic E-state index is 13.6. The molecule has 0 saturated carbocycles. The molecule has 1 fully saturated rings. The lowest BCUT2D eigenvalue weighted by Crippen LogP contribution is -2.34. The van der Waals surface area contributed by atoms with Crippen molar-refractivity contribution in [3.63, 3.8) is 0 Å². The molecule has 0 bridgehead atoms. The summed E-state index contributed by atoms with van der Waals surface area (Å²) < 4.78 is 13.6. The van der Waals surface area contributed by atoms with Gasteiger partial charge < -0.3 is 10.0 Å². The van der Waals surface area contributed by atoms with Crippen molar-refractivity contribution in [2.24, 2.45) is 0 Å². The van der Waals surface area contributed by atoms with Crippen molar-refractivity contribution < 1.29 is 9.50 Å². The molecule has 1 aliphatic heterocycles. The summed E-state index contributed by atoms with van der Waals surface area (Å²) in [6.45, 7) is 8.89. The Morgan fingerprint density at radius 3 is 2.74 bits per heavy atom. The number of phenols is 1.